The maximum Gasteiger partial charge on any atom is 0.377 e. The number of halogens is 1. The minimum absolute atomic E-state index is 0.0302. The van der Waals surface area contributed by atoms with Gasteiger partial charge in [0.25, 0.3) is 5.82 Å². The standard InChI is InChI=1S/C12H11ClN4O3/c1-20-12(19)11-15-6-17(16-11)5-8-3-2-7(10(14)18)4-9(8)13/h2-4,6H,5H2,1H3,(H2,14,18). The Hall–Kier alpha value is -2.41. The molecule has 2 N–H and O–H groups in total. The quantitative estimate of drug-likeness (QED) is 0.843. The molecule has 2 rings (SSSR count). The zero-order chi connectivity index (χ0) is 14.7. The summed E-state index contributed by atoms with van der Waals surface area (Å²) in [6.07, 6.45) is 1.39. The van der Waals surface area contributed by atoms with Gasteiger partial charge in [0, 0.05) is 10.6 Å². The molecule has 7 nitrogen and oxygen atoms in total. The van der Waals surface area contributed by atoms with Crippen LogP contribution in [0.25, 0.3) is 0 Å². The van der Waals surface area contributed by atoms with Gasteiger partial charge >= 0.3 is 5.97 Å². The van der Waals surface area contributed by atoms with Crippen molar-refractivity contribution >= 4 is 23.5 Å². The van der Waals surface area contributed by atoms with Crippen LogP contribution in [-0.4, -0.2) is 33.8 Å². The van der Waals surface area contributed by atoms with Crippen LogP contribution in [0.2, 0.25) is 5.02 Å². The molecule has 1 aromatic heterocycles. The zero-order valence-corrected chi connectivity index (χ0v) is 11.3. The van der Waals surface area contributed by atoms with Crippen molar-refractivity contribution in [2.45, 2.75) is 6.54 Å². The number of ether oxygens (including phenoxy) is 1. The van der Waals surface area contributed by atoms with Crippen molar-refractivity contribution in [2.24, 2.45) is 5.73 Å². The maximum atomic E-state index is 11.2. The number of rotatable bonds is 4. The third kappa shape index (κ3) is 2.94. The number of primary amides is 1. The first kappa shape index (κ1) is 14.0. The van der Waals surface area contributed by atoms with Crippen LogP contribution in [0.5, 0.6) is 0 Å². The van der Waals surface area contributed by atoms with Crippen LogP contribution in [0.3, 0.4) is 0 Å². The summed E-state index contributed by atoms with van der Waals surface area (Å²) in [4.78, 5) is 26.1. The Kier molecular flexibility index (Phi) is 3.99. The summed E-state index contributed by atoms with van der Waals surface area (Å²) in [5, 5.41) is 4.34. The van der Waals surface area contributed by atoms with Crippen LogP contribution < -0.4 is 5.73 Å². The molecular weight excluding hydrogens is 284 g/mol. The predicted molar refractivity (Wildman–Crippen MR) is 70.4 cm³/mol. The molecule has 0 unspecified atom stereocenters. The van der Waals surface area contributed by atoms with Gasteiger partial charge in [0.05, 0.1) is 13.7 Å². The zero-order valence-electron chi connectivity index (χ0n) is 10.5. The van der Waals surface area contributed by atoms with Crippen LogP contribution in [0.4, 0.5) is 0 Å². The van der Waals surface area contributed by atoms with Gasteiger partial charge in [-0.15, -0.1) is 5.10 Å². The highest BCUT2D eigenvalue weighted by atomic mass is 35.5. The van der Waals surface area contributed by atoms with Gasteiger partial charge in [0.2, 0.25) is 5.91 Å². The fourth-order valence-corrected chi connectivity index (χ4v) is 1.80. The first-order valence-corrected chi connectivity index (χ1v) is 5.95. The lowest BCUT2D eigenvalue weighted by Crippen LogP contribution is -2.11. The Morgan fingerprint density at radius 3 is 2.80 bits per heavy atom. The Morgan fingerprint density at radius 1 is 1.45 bits per heavy atom. The van der Waals surface area contributed by atoms with Crippen LogP contribution in [0.15, 0.2) is 24.5 Å². The number of carbonyl (C=O) groups excluding carboxylic acids is 2. The molecule has 0 aliphatic heterocycles. The van der Waals surface area contributed by atoms with E-state index in [1.54, 1.807) is 12.1 Å². The van der Waals surface area contributed by atoms with Crippen molar-refractivity contribution in [3.05, 3.63) is 46.5 Å². The molecule has 0 bridgehead atoms. The molecule has 104 valence electrons. The van der Waals surface area contributed by atoms with Gasteiger partial charge in [-0.2, -0.15) is 0 Å². The van der Waals surface area contributed by atoms with E-state index in [9.17, 15) is 9.59 Å². The van der Waals surface area contributed by atoms with Crippen molar-refractivity contribution in [3.63, 3.8) is 0 Å². The van der Waals surface area contributed by atoms with E-state index in [0.29, 0.717) is 17.1 Å². The molecule has 20 heavy (non-hydrogen) atoms. The average Bonchev–Trinajstić information content (AvgIpc) is 2.88. The minimum Gasteiger partial charge on any atom is -0.463 e. The number of esters is 1. The summed E-state index contributed by atoms with van der Waals surface area (Å²) in [5.41, 5.74) is 6.21. The van der Waals surface area contributed by atoms with E-state index in [1.807, 2.05) is 0 Å². The SMILES string of the molecule is COC(=O)c1ncn(Cc2ccc(C(N)=O)cc2Cl)n1. The van der Waals surface area contributed by atoms with E-state index in [-0.39, 0.29) is 5.82 Å². The third-order valence-corrected chi connectivity index (χ3v) is 2.93. The minimum atomic E-state index is -0.612. The van der Waals surface area contributed by atoms with Crippen molar-refractivity contribution in [1.82, 2.24) is 14.8 Å². The number of carbonyl (C=O) groups is 2. The van der Waals surface area contributed by atoms with Crippen LogP contribution in [0, 0.1) is 0 Å². The topological polar surface area (TPSA) is 100 Å². The molecular formula is C12H11ClN4O3. The molecule has 0 saturated heterocycles. The fourth-order valence-electron chi connectivity index (χ4n) is 1.56. The van der Waals surface area contributed by atoms with Gasteiger partial charge in [-0.1, -0.05) is 17.7 Å². The average molecular weight is 295 g/mol. The number of aromatic nitrogens is 3. The van der Waals surface area contributed by atoms with Gasteiger partial charge in [-0.05, 0) is 17.7 Å². The second-order valence-electron chi connectivity index (χ2n) is 3.93. The number of hydrogen-bond acceptors (Lipinski definition) is 5. The van der Waals surface area contributed by atoms with Crippen LogP contribution in [-0.2, 0) is 11.3 Å². The first-order chi connectivity index (χ1) is 9.51. The second kappa shape index (κ2) is 5.70. The summed E-state index contributed by atoms with van der Waals surface area (Å²) in [5.74, 6) is -1.19. The fraction of sp³-hybridized carbons (Fsp3) is 0.167. The molecule has 2 aromatic rings. The van der Waals surface area contributed by atoms with Gasteiger partial charge in [0.15, 0.2) is 0 Å². The molecule has 0 saturated carbocycles. The Morgan fingerprint density at radius 2 is 2.20 bits per heavy atom. The van der Waals surface area contributed by atoms with Crippen molar-refractivity contribution < 1.29 is 14.3 Å². The van der Waals surface area contributed by atoms with Crippen molar-refractivity contribution in [2.75, 3.05) is 7.11 Å². The van der Waals surface area contributed by atoms with E-state index >= 15 is 0 Å². The van der Waals surface area contributed by atoms with E-state index in [4.69, 9.17) is 17.3 Å². The molecule has 0 spiro atoms. The molecule has 1 heterocycles. The molecule has 0 radical (unpaired) electrons. The van der Waals surface area contributed by atoms with Gasteiger partial charge in [-0.3, -0.25) is 4.79 Å². The third-order valence-electron chi connectivity index (χ3n) is 2.57. The Balaban J connectivity index is 2.20. The largest absolute Gasteiger partial charge is 0.463 e. The molecule has 1 amide bonds. The lowest BCUT2D eigenvalue weighted by molar-refractivity contribution is 0.0586. The monoisotopic (exact) mass is 294 g/mol. The van der Waals surface area contributed by atoms with Crippen LogP contribution >= 0.6 is 11.6 Å². The number of nitrogens with two attached hydrogens (primary N) is 1. The number of benzene rings is 1. The van der Waals surface area contributed by atoms with E-state index in [1.165, 1.54) is 24.2 Å². The molecule has 0 atom stereocenters. The summed E-state index contributed by atoms with van der Waals surface area (Å²) in [7, 11) is 1.25. The second-order valence-corrected chi connectivity index (χ2v) is 4.33. The van der Waals surface area contributed by atoms with E-state index in [2.05, 4.69) is 14.8 Å². The molecule has 1 aromatic carbocycles. The first-order valence-electron chi connectivity index (χ1n) is 5.57. The molecule has 8 heteroatoms. The van der Waals surface area contributed by atoms with E-state index < -0.39 is 11.9 Å². The molecule has 0 aliphatic carbocycles. The Labute approximate surface area is 119 Å². The summed E-state index contributed by atoms with van der Waals surface area (Å²) < 4.78 is 5.95. The van der Waals surface area contributed by atoms with Gasteiger partial charge in [-0.25, -0.2) is 14.5 Å². The van der Waals surface area contributed by atoms with Crippen molar-refractivity contribution in [3.8, 4) is 0 Å². The number of methoxy groups -OCH3 is 1. The molecule has 0 fully saturated rings. The predicted octanol–water partition coefficient (Wildman–Crippen LogP) is 0.865. The normalized spacial score (nSPS) is 10.3. The van der Waals surface area contributed by atoms with E-state index in [0.717, 1.165) is 5.56 Å². The number of amides is 1. The molecule has 0 aliphatic rings. The van der Waals surface area contributed by atoms with Gasteiger partial charge in [0.1, 0.15) is 6.33 Å². The highest BCUT2D eigenvalue weighted by Crippen LogP contribution is 2.18. The smallest absolute Gasteiger partial charge is 0.377 e. The highest BCUT2D eigenvalue weighted by Gasteiger charge is 2.12. The summed E-state index contributed by atoms with van der Waals surface area (Å²) in [6, 6.07) is 4.72. The lowest BCUT2D eigenvalue weighted by Gasteiger charge is -2.05. The van der Waals surface area contributed by atoms with Crippen LogP contribution in [0.1, 0.15) is 26.5 Å². The lowest BCUT2D eigenvalue weighted by atomic mass is 10.1. The number of hydrogen-bond donors (Lipinski definition) is 1. The van der Waals surface area contributed by atoms with Gasteiger partial charge < -0.3 is 10.5 Å². The van der Waals surface area contributed by atoms with Crippen molar-refractivity contribution in [1.29, 1.82) is 0 Å². The Bertz CT molecular complexity index is 668. The maximum absolute atomic E-state index is 11.2. The number of nitrogens with zero attached hydrogens (tertiary/aromatic N) is 3. The highest BCUT2D eigenvalue weighted by molar-refractivity contribution is 6.31. The summed E-state index contributed by atoms with van der Waals surface area (Å²) >= 11 is 6.06. The summed E-state index contributed by atoms with van der Waals surface area (Å²) in [6.45, 7) is 0.307.